The first-order chi connectivity index (χ1) is 14.6. The van der Waals surface area contributed by atoms with Crippen molar-refractivity contribution in [2.24, 2.45) is 0 Å². The molecule has 172 valence electrons. The van der Waals surface area contributed by atoms with Crippen LogP contribution in [0.15, 0.2) is 46.0 Å². The maximum Gasteiger partial charge on any atom is 0.407 e. The van der Waals surface area contributed by atoms with Gasteiger partial charge in [0.15, 0.2) is 0 Å². The van der Waals surface area contributed by atoms with Gasteiger partial charge in [-0.3, -0.25) is 0 Å². The number of thiophene rings is 1. The first kappa shape index (κ1) is 25.2. The van der Waals surface area contributed by atoms with Crippen molar-refractivity contribution in [1.29, 1.82) is 0 Å². The molecule has 0 aliphatic carbocycles. The Morgan fingerprint density at radius 2 is 1.71 bits per heavy atom. The molecule has 2 rings (SSSR count). The van der Waals surface area contributed by atoms with Crippen LogP contribution in [-0.2, 0) is 16.6 Å². The molecule has 7 nitrogen and oxygen atoms in total. The topological polar surface area (TPSA) is 87.2 Å². The molecule has 0 saturated carbocycles. The Kier molecular flexibility index (Phi) is 8.90. The van der Waals surface area contributed by atoms with Gasteiger partial charge in [0.1, 0.15) is 9.96 Å². The maximum atomic E-state index is 13.1. The molecule has 0 aliphatic heterocycles. The molecule has 0 fully saturated rings. The third kappa shape index (κ3) is 7.22. The molecule has 1 heterocycles. The summed E-state index contributed by atoms with van der Waals surface area (Å²) in [6.07, 6.45) is 1.13. The molecule has 0 unspecified atom stereocenters. The van der Waals surface area contributed by atoms with Crippen molar-refractivity contribution >= 4 is 27.5 Å². The van der Waals surface area contributed by atoms with E-state index in [1.54, 1.807) is 24.6 Å². The molecule has 31 heavy (non-hydrogen) atoms. The SMILES string of the molecule is COc1ccc(CN(CCCCCN(C(=O)O)C(C)(C)C)S(=O)(=O)c2cccs2)cc1. The van der Waals surface area contributed by atoms with Crippen LogP contribution in [0.25, 0.3) is 0 Å². The van der Waals surface area contributed by atoms with Crippen LogP contribution in [0.5, 0.6) is 5.75 Å². The van der Waals surface area contributed by atoms with E-state index in [4.69, 9.17) is 4.74 Å². The molecule has 0 saturated heterocycles. The number of carbonyl (C=O) groups is 1. The number of unbranched alkanes of at least 4 members (excludes halogenated alkanes) is 2. The van der Waals surface area contributed by atoms with E-state index < -0.39 is 21.7 Å². The minimum absolute atomic E-state index is 0.271. The lowest BCUT2D eigenvalue weighted by Crippen LogP contribution is -2.45. The summed E-state index contributed by atoms with van der Waals surface area (Å²) < 4.78 is 33.3. The Balaban J connectivity index is 2.03. The second-order valence-corrected chi connectivity index (χ2v) is 11.4. The number of hydrogen-bond acceptors (Lipinski definition) is 5. The van der Waals surface area contributed by atoms with E-state index >= 15 is 0 Å². The molecule has 0 aliphatic rings. The molecule has 1 aromatic heterocycles. The highest BCUT2D eigenvalue weighted by molar-refractivity contribution is 7.91. The third-order valence-corrected chi connectivity index (χ3v) is 8.16. The predicted octanol–water partition coefficient (Wildman–Crippen LogP) is 4.90. The lowest BCUT2D eigenvalue weighted by molar-refractivity contribution is 0.0989. The maximum absolute atomic E-state index is 13.1. The van der Waals surface area contributed by atoms with E-state index in [2.05, 4.69) is 0 Å². The zero-order valence-corrected chi connectivity index (χ0v) is 20.2. The third-order valence-electron chi connectivity index (χ3n) is 4.94. The van der Waals surface area contributed by atoms with Gasteiger partial charge >= 0.3 is 6.09 Å². The molecule has 0 atom stereocenters. The molecule has 1 aromatic carbocycles. The number of hydrogen-bond donors (Lipinski definition) is 1. The van der Waals surface area contributed by atoms with Crippen LogP contribution >= 0.6 is 11.3 Å². The highest BCUT2D eigenvalue weighted by Gasteiger charge is 2.27. The summed E-state index contributed by atoms with van der Waals surface area (Å²) in [5.41, 5.74) is 0.417. The number of rotatable bonds is 11. The fraction of sp³-hybridized carbons (Fsp3) is 0.500. The van der Waals surface area contributed by atoms with E-state index in [9.17, 15) is 18.3 Å². The molecular weight excluding hydrogens is 436 g/mol. The first-order valence-electron chi connectivity index (χ1n) is 10.2. The summed E-state index contributed by atoms with van der Waals surface area (Å²) in [6.45, 7) is 6.67. The van der Waals surface area contributed by atoms with Crippen molar-refractivity contribution in [2.45, 2.75) is 56.3 Å². The van der Waals surface area contributed by atoms with Crippen LogP contribution in [0.4, 0.5) is 4.79 Å². The normalized spacial score (nSPS) is 12.2. The summed E-state index contributed by atoms with van der Waals surface area (Å²) in [5.74, 6) is 0.721. The average molecular weight is 469 g/mol. The van der Waals surface area contributed by atoms with Gasteiger partial charge < -0.3 is 14.7 Å². The Morgan fingerprint density at radius 3 is 2.23 bits per heavy atom. The minimum Gasteiger partial charge on any atom is -0.497 e. The van der Waals surface area contributed by atoms with Crippen molar-refractivity contribution < 1.29 is 23.1 Å². The summed E-state index contributed by atoms with van der Waals surface area (Å²) in [4.78, 5) is 12.9. The average Bonchev–Trinajstić information content (AvgIpc) is 3.24. The van der Waals surface area contributed by atoms with Crippen molar-refractivity contribution in [3.05, 3.63) is 47.3 Å². The summed E-state index contributed by atoms with van der Waals surface area (Å²) in [6, 6.07) is 10.7. The highest BCUT2D eigenvalue weighted by Crippen LogP contribution is 2.24. The summed E-state index contributed by atoms with van der Waals surface area (Å²) in [7, 11) is -2.00. The van der Waals surface area contributed by atoms with Gasteiger partial charge in [-0.05, 0) is 62.8 Å². The first-order valence-corrected chi connectivity index (χ1v) is 12.5. The molecule has 0 spiro atoms. The molecule has 0 radical (unpaired) electrons. The van der Waals surface area contributed by atoms with Crippen LogP contribution in [0.1, 0.15) is 45.6 Å². The quantitative estimate of drug-likeness (QED) is 0.474. The highest BCUT2D eigenvalue weighted by atomic mass is 32.2. The van der Waals surface area contributed by atoms with E-state index in [0.717, 1.165) is 17.7 Å². The Hall–Kier alpha value is -2.10. The molecule has 0 bridgehead atoms. The number of ether oxygens (including phenoxy) is 1. The minimum atomic E-state index is -3.60. The van der Waals surface area contributed by atoms with Crippen LogP contribution in [0, 0.1) is 0 Å². The largest absolute Gasteiger partial charge is 0.497 e. The van der Waals surface area contributed by atoms with Crippen molar-refractivity contribution in [3.8, 4) is 5.75 Å². The van der Waals surface area contributed by atoms with Gasteiger partial charge in [0.2, 0.25) is 0 Å². The van der Waals surface area contributed by atoms with Gasteiger partial charge in [-0.25, -0.2) is 13.2 Å². The van der Waals surface area contributed by atoms with Crippen LogP contribution in [0.3, 0.4) is 0 Å². The van der Waals surface area contributed by atoms with Crippen molar-refractivity contribution in [3.63, 3.8) is 0 Å². The van der Waals surface area contributed by atoms with Crippen molar-refractivity contribution in [1.82, 2.24) is 9.21 Å². The predicted molar refractivity (Wildman–Crippen MR) is 123 cm³/mol. The summed E-state index contributed by atoms with van der Waals surface area (Å²) in [5, 5.41) is 11.2. The fourth-order valence-corrected chi connectivity index (χ4v) is 5.82. The van der Waals surface area contributed by atoms with Gasteiger partial charge in [0, 0.05) is 25.2 Å². The Morgan fingerprint density at radius 1 is 1.06 bits per heavy atom. The zero-order chi connectivity index (χ0) is 23.1. The molecular formula is C22H32N2O5S2. The number of benzene rings is 1. The second kappa shape index (κ2) is 11.0. The lowest BCUT2D eigenvalue weighted by Gasteiger charge is -2.33. The molecule has 1 N–H and O–H groups in total. The van der Waals surface area contributed by atoms with Gasteiger partial charge in [-0.2, -0.15) is 4.31 Å². The number of nitrogens with zero attached hydrogens (tertiary/aromatic N) is 2. The van der Waals surface area contributed by atoms with Crippen molar-refractivity contribution in [2.75, 3.05) is 20.2 Å². The molecule has 1 amide bonds. The standard InChI is InChI=1S/C22H32N2O5S2/c1-22(2,3)24(21(25)26)15-7-5-6-14-23(31(27,28)20-9-8-16-30-20)17-18-10-12-19(29-4)13-11-18/h8-13,16H,5-7,14-15,17H2,1-4H3,(H,25,26). The van der Waals surface area contributed by atoms with E-state index in [1.807, 2.05) is 45.0 Å². The van der Waals surface area contributed by atoms with Gasteiger partial charge in [0.25, 0.3) is 10.0 Å². The Bertz CT molecular complexity index is 920. The lowest BCUT2D eigenvalue weighted by atomic mass is 10.1. The van der Waals surface area contributed by atoms with E-state index in [0.29, 0.717) is 30.1 Å². The van der Waals surface area contributed by atoms with E-state index in [1.165, 1.54) is 20.5 Å². The van der Waals surface area contributed by atoms with Gasteiger partial charge in [0.05, 0.1) is 7.11 Å². The smallest absolute Gasteiger partial charge is 0.407 e. The fourth-order valence-electron chi connectivity index (χ4n) is 3.21. The number of carboxylic acid groups (broad SMARTS) is 1. The van der Waals surface area contributed by atoms with Crippen LogP contribution in [-0.4, -0.2) is 54.6 Å². The van der Waals surface area contributed by atoms with E-state index in [-0.39, 0.29) is 6.54 Å². The number of sulfonamides is 1. The van der Waals surface area contributed by atoms with Crippen LogP contribution in [0.2, 0.25) is 0 Å². The molecule has 2 aromatic rings. The van der Waals surface area contributed by atoms with Crippen LogP contribution < -0.4 is 4.74 Å². The van der Waals surface area contributed by atoms with Gasteiger partial charge in [-0.15, -0.1) is 11.3 Å². The van der Waals surface area contributed by atoms with Gasteiger partial charge in [-0.1, -0.05) is 24.6 Å². The number of amides is 1. The Labute approximate surface area is 189 Å². The number of methoxy groups -OCH3 is 1. The molecule has 9 heteroatoms. The summed E-state index contributed by atoms with van der Waals surface area (Å²) >= 11 is 1.21. The zero-order valence-electron chi connectivity index (χ0n) is 18.6. The second-order valence-electron chi connectivity index (χ2n) is 8.28. The monoisotopic (exact) mass is 468 g/mol.